The van der Waals surface area contributed by atoms with Crippen molar-refractivity contribution >= 4 is 12.0 Å². The van der Waals surface area contributed by atoms with E-state index >= 15 is 0 Å². The highest BCUT2D eigenvalue weighted by atomic mass is 16.7. The summed E-state index contributed by atoms with van der Waals surface area (Å²) in [7, 11) is 0. The number of carbonyl (C=O) groups excluding carboxylic acids is 1. The summed E-state index contributed by atoms with van der Waals surface area (Å²) in [4.78, 5) is 12.7. The number of esters is 1. The molecule has 0 aliphatic carbocycles. The maximum Gasteiger partial charge on any atom is 0.331 e. The first-order valence-corrected chi connectivity index (χ1v) is 14.4. The van der Waals surface area contributed by atoms with Crippen LogP contribution in [-0.2, 0) is 30.2 Å². The second-order valence-corrected chi connectivity index (χ2v) is 11.2. The van der Waals surface area contributed by atoms with Crippen LogP contribution in [0.4, 0.5) is 0 Å². The first kappa shape index (κ1) is 151. The Balaban J connectivity index is -0.0000000405. The van der Waals surface area contributed by atoms with Gasteiger partial charge in [-0.25, -0.2) is 4.79 Å². The molecule has 0 radical (unpaired) electrons. The molecule has 4 rings (SSSR count). The van der Waals surface area contributed by atoms with Crippen molar-refractivity contribution in [2.24, 2.45) is 0 Å². The molecule has 2 heterocycles. The highest BCUT2D eigenvalue weighted by molar-refractivity contribution is 5.87. The molecule has 2 aromatic carbocycles. The Morgan fingerprint density at radius 1 is 0.529 bits per heavy atom. The Labute approximate surface area is 445 Å². The van der Waals surface area contributed by atoms with E-state index in [2.05, 4.69) is 0 Å². The number of hydrogen-bond acceptors (Lipinski definition) is 13. The molecule has 70 heavy (non-hydrogen) atoms. The van der Waals surface area contributed by atoms with Gasteiger partial charge in [0, 0.05) is 6.08 Å². The van der Waals surface area contributed by atoms with E-state index in [1.807, 2.05) is 6.07 Å². The van der Waals surface area contributed by atoms with Gasteiger partial charge in [0.25, 0.3) is 0 Å². The van der Waals surface area contributed by atoms with Gasteiger partial charge >= 0.3 is 5.97 Å². The average Bonchev–Trinajstić information content (AvgIpc) is 2.99. The van der Waals surface area contributed by atoms with Crippen molar-refractivity contribution in [3.05, 3.63) is 59.2 Å². The number of ether oxygens (including phenoxy) is 4. The number of hydrogen-bond donors (Lipinski definition) is 8. The fourth-order valence-corrected chi connectivity index (χ4v) is 5.21. The van der Waals surface area contributed by atoms with Gasteiger partial charge in [-0.05, 0) is 74.1 Å². The van der Waals surface area contributed by atoms with E-state index < -0.39 is 67.2 Å². The molecule has 2 aliphatic heterocycles. The molecule has 0 saturated carbocycles. The van der Waals surface area contributed by atoms with Crippen molar-refractivity contribution in [3.63, 3.8) is 0 Å². The lowest BCUT2D eigenvalue weighted by Crippen LogP contribution is -2.60. The standard InChI is InChI=1S/C31H40O13.26CH4/c1-15-3-4-18(13-20(15)33)11-12-41-31-29(40)28(39)30(44-24(35)10-6-17-5-7-19(32)21(34)14-17)23(43-31)9-8-22-26(37)27(38)25(36)16(2)42-22;;;;;;;;;;;;;;;;;;;;;;;;;;/h3-7,10,13-14,16,22-23,25-34,36-40H,8-9,11-12H2,1-2H3;26*1H4/b10-6+;;;;;;;;;;;;;;;;;;;;;;;;;;/t16-,22-,23+,25-,26-,27+,28+,29+,30+,31+;;;;;;;;;;;;;;;;;;;;;;;;;;/m0........................../s1. The molecule has 0 spiro atoms. The first-order chi connectivity index (χ1) is 20.8. The van der Waals surface area contributed by atoms with Crippen LogP contribution in [0, 0.1) is 6.92 Å². The van der Waals surface area contributed by atoms with Crippen LogP contribution in [0.5, 0.6) is 17.2 Å². The number of phenolic OH excluding ortho intramolecular Hbond substituents is 3. The van der Waals surface area contributed by atoms with Crippen molar-refractivity contribution in [1.82, 2.24) is 0 Å². The first-order valence-electron chi connectivity index (χ1n) is 14.4. The normalized spacial score (nSPS) is 20.4. The summed E-state index contributed by atoms with van der Waals surface area (Å²) < 4.78 is 22.9. The van der Waals surface area contributed by atoms with Crippen LogP contribution in [0.15, 0.2) is 42.5 Å². The number of aliphatic hydroxyl groups excluding tert-OH is 5. The van der Waals surface area contributed by atoms with Gasteiger partial charge in [-0.3, -0.25) is 0 Å². The number of carbonyl (C=O) groups is 1. The minimum atomic E-state index is -1.64. The Morgan fingerprint density at radius 3 is 1.43 bits per heavy atom. The second kappa shape index (κ2) is 67.8. The van der Waals surface area contributed by atoms with E-state index in [1.165, 1.54) is 24.3 Å². The average molecular weight is 1040 g/mol. The van der Waals surface area contributed by atoms with Gasteiger partial charge in [0.15, 0.2) is 23.9 Å². The van der Waals surface area contributed by atoms with Gasteiger partial charge in [-0.15, -0.1) is 0 Å². The summed E-state index contributed by atoms with van der Waals surface area (Å²) in [6.45, 7) is 3.37. The minimum absolute atomic E-state index is 0. The summed E-state index contributed by atoms with van der Waals surface area (Å²) in [5, 5.41) is 81.6. The second-order valence-electron chi connectivity index (χ2n) is 11.2. The zero-order chi connectivity index (χ0) is 32.1. The molecule has 2 aliphatic rings. The van der Waals surface area contributed by atoms with Crippen LogP contribution in [0.25, 0.3) is 6.08 Å². The molecule has 2 aromatic rings. The number of aliphatic hydroxyl groups is 5. The zero-order valence-corrected chi connectivity index (χ0v) is 24.3. The molecular weight excluding hydrogens is 893 g/mol. The smallest absolute Gasteiger partial charge is 0.331 e. The van der Waals surface area contributed by atoms with Crippen molar-refractivity contribution in [2.45, 2.75) is 287 Å². The molecule has 8 N–H and O–H groups in total. The van der Waals surface area contributed by atoms with Gasteiger partial charge < -0.3 is 59.8 Å². The van der Waals surface area contributed by atoms with Crippen LogP contribution in [-0.4, -0.2) is 115 Å². The highest BCUT2D eigenvalue weighted by Gasteiger charge is 2.48. The fraction of sp³-hybridized carbons (Fsp3) is 0.737. The molecule has 2 saturated heterocycles. The Hall–Kier alpha value is -3.27. The van der Waals surface area contributed by atoms with Gasteiger partial charge in [0.1, 0.15) is 42.4 Å². The Kier molecular flexibility index (Phi) is 146. The molecule has 0 aromatic heterocycles. The fourth-order valence-electron chi connectivity index (χ4n) is 5.21. The van der Waals surface area contributed by atoms with Crippen LogP contribution in [0.3, 0.4) is 0 Å². The third-order valence-corrected chi connectivity index (χ3v) is 7.94. The molecule has 0 amide bonds. The van der Waals surface area contributed by atoms with Gasteiger partial charge in [-0.1, -0.05) is 211 Å². The van der Waals surface area contributed by atoms with Gasteiger partial charge in [0.2, 0.25) is 0 Å². The Morgan fingerprint density at radius 2 is 0.986 bits per heavy atom. The predicted molar refractivity (Wildman–Crippen MR) is 328 cm³/mol. The molecule has 13 heteroatoms. The summed E-state index contributed by atoms with van der Waals surface area (Å²) in [5.74, 6) is -1.49. The van der Waals surface area contributed by atoms with Gasteiger partial charge in [0.05, 0.1) is 18.8 Å². The lowest BCUT2D eigenvalue weighted by molar-refractivity contribution is -0.301. The van der Waals surface area contributed by atoms with E-state index in [4.69, 9.17) is 18.9 Å². The number of aryl methyl sites for hydroxylation is 1. The molecule has 0 bridgehead atoms. The van der Waals surface area contributed by atoms with E-state index in [-0.39, 0.29) is 230 Å². The maximum atomic E-state index is 12.7. The summed E-state index contributed by atoms with van der Waals surface area (Å²) in [5.41, 5.74) is 1.86. The van der Waals surface area contributed by atoms with E-state index in [0.717, 1.165) is 11.6 Å². The lowest BCUT2D eigenvalue weighted by atomic mass is 9.90. The predicted octanol–water partition coefficient (Wildman–Crippen LogP) is 16.9. The molecular formula is C57H144O13. The van der Waals surface area contributed by atoms with Crippen molar-refractivity contribution in [3.8, 4) is 17.2 Å². The molecule has 0 unspecified atom stereocenters. The van der Waals surface area contributed by atoms with E-state index in [1.54, 1.807) is 26.0 Å². The van der Waals surface area contributed by atoms with Crippen LogP contribution >= 0.6 is 0 Å². The van der Waals surface area contributed by atoms with Crippen molar-refractivity contribution in [1.29, 1.82) is 0 Å². The lowest BCUT2D eigenvalue weighted by Gasteiger charge is -2.43. The number of phenols is 3. The third-order valence-electron chi connectivity index (χ3n) is 7.94. The van der Waals surface area contributed by atoms with Crippen molar-refractivity contribution < 1.29 is 64.6 Å². The molecule has 450 valence electrons. The maximum absolute atomic E-state index is 12.7. The number of rotatable bonds is 10. The monoisotopic (exact) mass is 1040 g/mol. The molecule has 10 atom stereocenters. The zero-order valence-electron chi connectivity index (χ0n) is 24.3. The SMILES string of the molecule is C.C.C.C.C.C.C.C.C.C.C.C.C.C.C.C.C.C.C.C.C.C.C.C.C.C.Cc1ccc(CCO[C@@H]2O[C@H](CC[C@@H]3O[C@@H](C)[C@H](O)[C@@H](O)[C@H]3O)[C@@H](OC(=O)/C=C/c3ccc(O)c(O)c3)[C@H](O)[C@H]2O)cc1O. The van der Waals surface area contributed by atoms with E-state index in [0.29, 0.717) is 17.5 Å². The Bertz CT molecular complexity index is 1310. The summed E-state index contributed by atoms with van der Waals surface area (Å²) in [6.07, 6.45) is -10.0. The van der Waals surface area contributed by atoms with E-state index in [9.17, 15) is 45.6 Å². The number of benzene rings is 2. The molecule has 2 fully saturated rings. The van der Waals surface area contributed by atoms with Crippen LogP contribution in [0.2, 0.25) is 0 Å². The quantitative estimate of drug-likeness (QED) is 0.0632. The van der Waals surface area contributed by atoms with Crippen LogP contribution < -0.4 is 0 Å². The van der Waals surface area contributed by atoms with Gasteiger partial charge in [-0.2, -0.15) is 0 Å². The summed E-state index contributed by atoms with van der Waals surface area (Å²) >= 11 is 0. The largest absolute Gasteiger partial charge is 0.508 e. The third kappa shape index (κ3) is 38.4. The highest BCUT2D eigenvalue weighted by Crippen LogP contribution is 2.31. The minimum Gasteiger partial charge on any atom is -0.508 e. The topological polar surface area (TPSA) is 216 Å². The van der Waals surface area contributed by atoms with Crippen molar-refractivity contribution in [2.75, 3.05) is 6.61 Å². The van der Waals surface area contributed by atoms with Crippen LogP contribution in [0.1, 0.15) is 230 Å². The number of aromatic hydroxyl groups is 3. The summed E-state index contributed by atoms with van der Waals surface area (Å²) in [6, 6.07) is 9.09. The molecule has 13 nitrogen and oxygen atoms in total.